The first-order chi connectivity index (χ1) is 7.22. The highest BCUT2D eigenvalue weighted by atomic mass is 15.1. The van der Waals surface area contributed by atoms with Crippen LogP contribution in [0.2, 0.25) is 0 Å². The number of aliphatic imine (C=N–C) groups is 1. The third kappa shape index (κ3) is 4.44. The zero-order chi connectivity index (χ0) is 11.1. The van der Waals surface area contributed by atoms with E-state index in [2.05, 4.69) is 22.2 Å². The lowest BCUT2D eigenvalue weighted by molar-refractivity contribution is 0.822. The van der Waals surface area contributed by atoms with Crippen molar-refractivity contribution in [3.8, 4) is 0 Å². The summed E-state index contributed by atoms with van der Waals surface area (Å²) in [4.78, 5) is 8.53. The molecule has 0 bridgehead atoms. The van der Waals surface area contributed by atoms with Gasteiger partial charge in [-0.15, -0.1) is 0 Å². The van der Waals surface area contributed by atoms with E-state index in [0.29, 0.717) is 12.5 Å². The second-order valence-corrected chi connectivity index (χ2v) is 3.40. The van der Waals surface area contributed by atoms with Crippen molar-refractivity contribution in [3.63, 3.8) is 0 Å². The van der Waals surface area contributed by atoms with Crippen LogP contribution >= 0.6 is 0 Å². The summed E-state index contributed by atoms with van der Waals surface area (Å²) in [5.41, 5.74) is 7.60. The molecule has 0 saturated heterocycles. The van der Waals surface area contributed by atoms with Crippen LogP contribution in [0.5, 0.6) is 0 Å². The van der Waals surface area contributed by atoms with E-state index in [1.54, 1.807) is 0 Å². The molecule has 3 N–H and O–H groups in total. The number of hydrogen-bond donors (Lipinski definition) is 2. The number of nitrogens with one attached hydrogen (secondary N) is 1. The fraction of sp³-hybridized carbons (Fsp3) is 0.455. The second-order valence-electron chi connectivity index (χ2n) is 3.40. The lowest BCUT2D eigenvalue weighted by Gasteiger charge is -2.03. The summed E-state index contributed by atoms with van der Waals surface area (Å²) in [6.45, 7) is 5.44. The Hall–Kier alpha value is -1.58. The highest BCUT2D eigenvalue weighted by molar-refractivity contribution is 5.77. The maximum absolute atomic E-state index is 5.66. The summed E-state index contributed by atoms with van der Waals surface area (Å²) < 4.78 is 0. The molecule has 1 heterocycles. The Labute approximate surface area is 90.6 Å². The highest BCUT2D eigenvalue weighted by Crippen LogP contribution is 1.99. The molecule has 0 aromatic carbocycles. The Morgan fingerprint density at radius 2 is 2.33 bits per heavy atom. The largest absolute Gasteiger partial charge is 0.370 e. The molecule has 82 valence electrons. The number of nitrogens with zero attached hydrogens (tertiary/aromatic N) is 2. The van der Waals surface area contributed by atoms with Gasteiger partial charge >= 0.3 is 0 Å². The average molecular weight is 206 g/mol. The van der Waals surface area contributed by atoms with E-state index >= 15 is 0 Å². The highest BCUT2D eigenvalue weighted by Gasteiger charge is 1.94. The predicted molar refractivity (Wildman–Crippen MR) is 62.6 cm³/mol. The van der Waals surface area contributed by atoms with E-state index in [4.69, 9.17) is 5.73 Å². The Morgan fingerprint density at radius 3 is 3.00 bits per heavy atom. The van der Waals surface area contributed by atoms with Crippen LogP contribution < -0.4 is 11.1 Å². The first kappa shape index (κ1) is 11.5. The van der Waals surface area contributed by atoms with Crippen LogP contribution in [0.1, 0.15) is 24.7 Å². The molecule has 1 aromatic rings. The van der Waals surface area contributed by atoms with Crippen LogP contribution in [0, 0.1) is 6.92 Å². The fourth-order valence-corrected chi connectivity index (χ4v) is 1.16. The third-order valence-corrected chi connectivity index (χ3v) is 1.91. The number of pyridine rings is 1. The van der Waals surface area contributed by atoms with Gasteiger partial charge in [-0.2, -0.15) is 0 Å². The molecule has 4 nitrogen and oxygen atoms in total. The van der Waals surface area contributed by atoms with Crippen LogP contribution in [-0.2, 0) is 6.54 Å². The molecule has 0 aliphatic carbocycles. The van der Waals surface area contributed by atoms with Gasteiger partial charge in [0.1, 0.15) is 0 Å². The average Bonchev–Trinajstić information content (AvgIpc) is 2.23. The van der Waals surface area contributed by atoms with E-state index in [0.717, 1.165) is 24.4 Å². The van der Waals surface area contributed by atoms with Crippen LogP contribution in [-0.4, -0.2) is 17.5 Å². The number of aromatic nitrogens is 1. The van der Waals surface area contributed by atoms with E-state index in [-0.39, 0.29) is 0 Å². The van der Waals surface area contributed by atoms with Crippen LogP contribution in [0.3, 0.4) is 0 Å². The Kier molecular flexibility index (Phi) is 4.60. The molecule has 4 heteroatoms. The van der Waals surface area contributed by atoms with E-state index in [1.165, 1.54) is 0 Å². The topological polar surface area (TPSA) is 63.3 Å². The smallest absolute Gasteiger partial charge is 0.188 e. The molecular weight excluding hydrogens is 188 g/mol. The molecule has 0 aliphatic heterocycles. The quantitative estimate of drug-likeness (QED) is 0.575. The fourth-order valence-electron chi connectivity index (χ4n) is 1.16. The minimum atomic E-state index is 0.486. The number of aryl methyl sites for hydroxylation is 1. The van der Waals surface area contributed by atoms with Gasteiger partial charge in [0.05, 0.1) is 12.2 Å². The monoisotopic (exact) mass is 206 g/mol. The lowest BCUT2D eigenvalue weighted by Crippen LogP contribution is -2.32. The van der Waals surface area contributed by atoms with Crippen molar-refractivity contribution in [1.82, 2.24) is 10.3 Å². The molecule has 0 fully saturated rings. The molecule has 0 radical (unpaired) electrons. The normalized spacial score (nSPS) is 11.5. The summed E-state index contributed by atoms with van der Waals surface area (Å²) in [6.07, 6.45) is 1.04. The summed E-state index contributed by atoms with van der Waals surface area (Å²) in [6, 6.07) is 5.89. The van der Waals surface area contributed by atoms with Crippen molar-refractivity contribution in [2.24, 2.45) is 10.7 Å². The number of nitrogens with two attached hydrogens (primary N) is 1. The maximum atomic E-state index is 5.66. The van der Waals surface area contributed by atoms with Gasteiger partial charge in [-0.25, -0.2) is 4.99 Å². The van der Waals surface area contributed by atoms with Gasteiger partial charge in [-0.3, -0.25) is 4.98 Å². The molecule has 0 spiro atoms. The molecule has 1 rings (SSSR count). The van der Waals surface area contributed by atoms with Crippen LogP contribution in [0.4, 0.5) is 0 Å². The first-order valence-electron chi connectivity index (χ1n) is 5.18. The molecule has 15 heavy (non-hydrogen) atoms. The van der Waals surface area contributed by atoms with Gasteiger partial charge in [0.15, 0.2) is 5.96 Å². The predicted octanol–water partition coefficient (Wildman–Crippen LogP) is 1.20. The number of rotatable bonds is 4. The lowest BCUT2D eigenvalue weighted by atomic mass is 10.3. The van der Waals surface area contributed by atoms with Crippen molar-refractivity contribution in [1.29, 1.82) is 0 Å². The summed E-state index contributed by atoms with van der Waals surface area (Å²) in [7, 11) is 0. The van der Waals surface area contributed by atoms with Crippen molar-refractivity contribution in [2.45, 2.75) is 26.8 Å². The zero-order valence-corrected chi connectivity index (χ0v) is 9.33. The summed E-state index contributed by atoms with van der Waals surface area (Å²) in [5.74, 6) is 0.486. The Bertz CT molecular complexity index is 333. The summed E-state index contributed by atoms with van der Waals surface area (Å²) in [5, 5.41) is 3.02. The molecule has 1 aromatic heterocycles. The third-order valence-electron chi connectivity index (χ3n) is 1.91. The second kappa shape index (κ2) is 6.01. The van der Waals surface area contributed by atoms with E-state index < -0.39 is 0 Å². The Morgan fingerprint density at radius 1 is 1.53 bits per heavy atom. The SMILES string of the molecule is CCCNC(N)=NCc1cccc(C)n1. The molecule has 0 aliphatic rings. The molecule has 0 atom stereocenters. The van der Waals surface area contributed by atoms with Gasteiger partial charge in [0.2, 0.25) is 0 Å². The van der Waals surface area contributed by atoms with Crippen LogP contribution in [0.25, 0.3) is 0 Å². The maximum Gasteiger partial charge on any atom is 0.188 e. The van der Waals surface area contributed by atoms with Crippen LogP contribution in [0.15, 0.2) is 23.2 Å². The minimum Gasteiger partial charge on any atom is -0.370 e. The Balaban J connectivity index is 2.48. The van der Waals surface area contributed by atoms with E-state index in [1.807, 2.05) is 25.1 Å². The van der Waals surface area contributed by atoms with Gasteiger partial charge in [-0.05, 0) is 25.5 Å². The number of hydrogen-bond acceptors (Lipinski definition) is 2. The molecular formula is C11H18N4. The molecule has 0 unspecified atom stereocenters. The van der Waals surface area contributed by atoms with Gasteiger partial charge in [-0.1, -0.05) is 13.0 Å². The molecule has 0 saturated carbocycles. The van der Waals surface area contributed by atoms with Crippen molar-refractivity contribution in [3.05, 3.63) is 29.6 Å². The minimum absolute atomic E-state index is 0.486. The molecule has 0 amide bonds. The standard InChI is InChI=1S/C11H18N4/c1-3-7-13-11(12)14-8-10-6-4-5-9(2)15-10/h4-6H,3,7-8H2,1-2H3,(H3,12,13,14). The van der Waals surface area contributed by atoms with E-state index in [9.17, 15) is 0 Å². The van der Waals surface area contributed by atoms with Crippen molar-refractivity contribution >= 4 is 5.96 Å². The van der Waals surface area contributed by atoms with Gasteiger partial charge < -0.3 is 11.1 Å². The van der Waals surface area contributed by atoms with Crippen molar-refractivity contribution < 1.29 is 0 Å². The van der Waals surface area contributed by atoms with Gasteiger partial charge in [0, 0.05) is 12.2 Å². The zero-order valence-electron chi connectivity index (χ0n) is 9.33. The summed E-state index contributed by atoms with van der Waals surface area (Å²) >= 11 is 0. The number of guanidine groups is 1. The van der Waals surface area contributed by atoms with Crippen molar-refractivity contribution in [2.75, 3.05) is 6.54 Å². The first-order valence-corrected chi connectivity index (χ1v) is 5.18. The van der Waals surface area contributed by atoms with Gasteiger partial charge in [0.25, 0.3) is 0 Å².